The average Bonchev–Trinajstić information content (AvgIpc) is 2.69. The first-order valence-corrected chi connectivity index (χ1v) is 5.62. The molecule has 0 aliphatic heterocycles. The van der Waals surface area contributed by atoms with Crippen LogP contribution in [0.15, 0.2) is 30.3 Å². The minimum absolute atomic E-state index is 0.668. The summed E-state index contributed by atoms with van der Waals surface area (Å²) >= 11 is 0. The van der Waals surface area contributed by atoms with Crippen molar-refractivity contribution in [3.8, 4) is 6.19 Å². The van der Waals surface area contributed by atoms with Gasteiger partial charge in [-0.1, -0.05) is 25.1 Å². The number of benzene rings is 1. The normalized spacial score (nSPS) is 10.9. The molecule has 2 rings (SSSR count). The van der Waals surface area contributed by atoms with Crippen LogP contribution in [0, 0.1) is 11.5 Å². The summed E-state index contributed by atoms with van der Waals surface area (Å²) in [4.78, 5) is 10.6. The molecule has 0 unspecified atom stereocenters. The number of hydrogen-bond donors (Lipinski definition) is 1. The molecule has 0 saturated carbocycles. The Hall–Kier alpha value is -2.54. The number of hydrogen-bond acceptors (Lipinski definition) is 2. The van der Waals surface area contributed by atoms with E-state index in [-0.39, 0.29) is 0 Å². The first kappa shape index (κ1) is 11.9. The van der Waals surface area contributed by atoms with E-state index >= 15 is 0 Å². The molecule has 0 fully saturated rings. The molecule has 0 aliphatic carbocycles. The van der Waals surface area contributed by atoms with Gasteiger partial charge in [-0.25, -0.2) is 4.79 Å². The molecular weight excluding hydrogens is 228 g/mol. The maximum Gasteiger partial charge on any atom is 0.328 e. The van der Waals surface area contributed by atoms with Gasteiger partial charge in [0.1, 0.15) is 0 Å². The predicted octanol–water partition coefficient (Wildman–Crippen LogP) is 2.63. The highest BCUT2D eigenvalue weighted by molar-refractivity contribution is 5.95. The van der Waals surface area contributed by atoms with Crippen LogP contribution in [0.25, 0.3) is 17.0 Å². The Morgan fingerprint density at radius 2 is 2.22 bits per heavy atom. The maximum absolute atomic E-state index is 10.6. The van der Waals surface area contributed by atoms with Gasteiger partial charge >= 0.3 is 5.97 Å². The number of para-hydroxylation sites is 1. The van der Waals surface area contributed by atoms with Gasteiger partial charge < -0.3 is 5.11 Å². The number of aromatic nitrogens is 1. The lowest BCUT2D eigenvalue weighted by Crippen LogP contribution is -1.95. The Morgan fingerprint density at radius 1 is 1.50 bits per heavy atom. The van der Waals surface area contributed by atoms with Crippen LogP contribution in [0.1, 0.15) is 18.2 Å². The average molecular weight is 240 g/mol. The second kappa shape index (κ2) is 4.76. The standard InChI is InChI=1S/C14H12N2O2/c1-2-12-11(7-8-14(17)18)10-5-3-4-6-13(10)16(12)9-15/h3-8H,2H2,1H3,(H,17,18). The van der Waals surface area contributed by atoms with Gasteiger partial charge in [0, 0.05) is 22.7 Å². The van der Waals surface area contributed by atoms with Crippen LogP contribution < -0.4 is 0 Å². The van der Waals surface area contributed by atoms with Gasteiger partial charge in [-0.15, -0.1) is 0 Å². The van der Waals surface area contributed by atoms with Crippen LogP contribution in [-0.2, 0) is 11.2 Å². The molecule has 0 atom stereocenters. The SMILES string of the molecule is CCc1c(C=CC(=O)O)c2ccccc2n1C#N. The van der Waals surface area contributed by atoms with Crippen molar-refractivity contribution in [3.05, 3.63) is 41.6 Å². The quantitative estimate of drug-likeness (QED) is 0.838. The van der Waals surface area contributed by atoms with E-state index in [9.17, 15) is 10.1 Å². The molecule has 1 aromatic carbocycles. The molecule has 0 radical (unpaired) electrons. The summed E-state index contributed by atoms with van der Waals surface area (Å²) in [6.07, 6.45) is 5.45. The summed E-state index contributed by atoms with van der Waals surface area (Å²) in [6, 6.07) is 7.49. The molecule has 0 bridgehead atoms. The second-order valence-corrected chi connectivity index (χ2v) is 3.84. The van der Waals surface area contributed by atoms with E-state index in [0.717, 1.165) is 28.2 Å². The fraction of sp³-hybridized carbons (Fsp3) is 0.143. The highest BCUT2D eigenvalue weighted by atomic mass is 16.4. The molecule has 1 N–H and O–H groups in total. The molecule has 0 amide bonds. The first-order chi connectivity index (χ1) is 8.69. The van der Waals surface area contributed by atoms with Crippen LogP contribution in [-0.4, -0.2) is 15.6 Å². The minimum Gasteiger partial charge on any atom is -0.478 e. The van der Waals surface area contributed by atoms with Crippen molar-refractivity contribution >= 4 is 22.9 Å². The van der Waals surface area contributed by atoms with E-state index in [1.54, 1.807) is 10.6 Å². The molecular formula is C14H12N2O2. The zero-order valence-electron chi connectivity index (χ0n) is 9.92. The van der Waals surface area contributed by atoms with E-state index in [2.05, 4.69) is 6.19 Å². The zero-order valence-corrected chi connectivity index (χ0v) is 9.92. The van der Waals surface area contributed by atoms with Crippen LogP contribution >= 0.6 is 0 Å². The largest absolute Gasteiger partial charge is 0.478 e. The molecule has 0 aliphatic rings. The van der Waals surface area contributed by atoms with Crippen molar-refractivity contribution in [1.29, 1.82) is 5.26 Å². The number of carboxylic acids is 1. The van der Waals surface area contributed by atoms with Crippen LogP contribution in [0.2, 0.25) is 0 Å². The molecule has 4 nitrogen and oxygen atoms in total. The number of carboxylic acid groups (broad SMARTS) is 1. The second-order valence-electron chi connectivity index (χ2n) is 3.84. The zero-order chi connectivity index (χ0) is 13.1. The summed E-state index contributed by atoms with van der Waals surface area (Å²) in [5, 5.41) is 18.8. The Labute approximate surface area is 104 Å². The van der Waals surface area contributed by atoms with Crippen molar-refractivity contribution in [1.82, 2.24) is 4.57 Å². The van der Waals surface area contributed by atoms with Gasteiger partial charge in [0.25, 0.3) is 0 Å². The lowest BCUT2D eigenvalue weighted by molar-refractivity contribution is -0.131. The lowest BCUT2D eigenvalue weighted by atomic mass is 10.1. The smallest absolute Gasteiger partial charge is 0.328 e. The van der Waals surface area contributed by atoms with Crippen molar-refractivity contribution in [2.24, 2.45) is 0 Å². The maximum atomic E-state index is 10.6. The van der Waals surface area contributed by atoms with Crippen LogP contribution in [0.4, 0.5) is 0 Å². The number of carbonyl (C=O) groups is 1. The van der Waals surface area contributed by atoms with Gasteiger partial charge in [-0.2, -0.15) is 5.26 Å². The summed E-state index contributed by atoms with van der Waals surface area (Å²) in [6.45, 7) is 1.94. The van der Waals surface area contributed by atoms with Gasteiger partial charge in [0.05, 0.1) is 5.52 Å². The Kier molecular flexibility index (Phi) is 3.16. The van der Waals surface area contributed by atoms with Crippen molar-refractivity contribution in [2.45, 2.75) is 13.3 Å². The van der Waals surface area contributed by atoms with Gasteiger partial charge in [-0.3, -0.25) is 4.57 Å². The number of rotatable bonds is 3. The highest BCUT2D eigenvalue weighted by Gasteiger charge is 2.13. The van der Waals surface area contributed by atoms with Gasteiger partial charge in [0.15, 0.2) is 6.19 Å². The third-order valence-electron chi connectivity index (χ3n) is 2.84. The highest BCUT2D eigenvalue weighted by Crippen LogP contribution is 2.27. The molecule has 90 valence electrons. The van der Waals surface area contributed by atoms with E-state index in [1.165, 1.54) is 0 Å². The van der Waals surface area contributed by atoms with Crippen LogP contribution in [0.5, 0.6) is 0 Å². The third kappa shape index (κ3) is 1.87. The molecule has 2 aromatic rings. The minimum atomic E-state index is -0.995. The van der Waals surface area contributed by atoms with E-state index in [1.807, 2.05) is 31.2 Å². The Morgan fingerprint density at radius 3 is 2.83 bits per heavy atom. The first-order valence-electron chi connectivity index (χ1n) is 5.62. The summed E-state index contributed by atoms with van der Waals surface area (Å²) < 4.78 is 1.55. The molecule has 0 spiro atoms. The van der Waals surface area contributed by atoms with Gasteiger partial charge in [-0.05, 0) is 18.6 Å². The summed E-state index contributed by atoms with van der Waals surface area (Å²) in [7, 11) is 0. The molecule has 4 heteroatoms. The number of fused-ring (bicyclic) bond motifs is 1. The third-order valence-corrected chi connectivity index (χ3v) is 2.84. The van der Waals surface area contributed by atoms with Crippen molar-refractivity contribution < 1.29 is 9.90 Å². The Bertz CT molecular complexity index is 675. The van der Waals surface area contributed by atoms with Crippen molar-refractivity contribution in [3.63, 3.8) is 0 Å². The summed E-state index contributed by atoms with van der Waals surface area (Å²) in [5.41, 5.74) is 2.44. The fourth-order valence-corrected chi connectivity index (χ4v) is 2.12. The van der Waals surface area contributed by atoms with Crippen molar-refractivity contribution in [2.75, 3.05) is 0 Å². The summed E-state index contributed by atoms with van der Waals surface area (Å²) in [5.74, 6) is -0.995. The monoisotopic (exact) mass is 240 g/mol. The topological polar surface area (TPSA) is 66.0 Å². The number of nitriles is 1. The molecule has 1 heterocycles. The van der Waals surface area contributed by atoms with E-state index in [4.69, 9.17) is 5.11 Å². The predicted molar refractivity (Wildman–Crippen MR) is 69.0 cm³/mol. The molecule has 0 saturated heterocycles. The van der Waals surface area contributed by atoms with Crippen LogP contribution in [0.3, 0.4) is 0 Å². The number of nitrogens with zero attached hydrogens (tertiary/aromatic N) is 2. The Balaban J connectivity index is 2.78. The molecule has 18 heavy (non-hydrogen) atoms. The van der Waals surface area contributed by atoms with Gasteiger partial charge in [0.2, 0.25) is 0 Å². The number of aliphatic carboxylic acids is 1. The van der Waals surface area contributed by atoms with E-state index < -0.39 is 5.97 Å². The lowest BCUT2D eigenvalue weighted by Gasteiger charge is -1.98. The fourth-order valence-electron chi connectivity index (χ4n) is 2.12. The molecule has 1 aromatic heterocycles. The van der Waals surface area contributed by atoms with E-state index in [0.29, 0.717) is 6.42 Å².